The van der Waals surface area contributed by atoms with Gasteiger partial charge in [0.05, 0.1) is 25.2 Å². The van der Waals surface area contributed by atoms with E-state index in [1.54, 1.807) is 0 Å². The van der Waals surface area contributed by atoms with Gasteiger partial charge in [-0.05, 0) is 12.8 Å². The van der Waals surface area contributed by atoms with Gasteiger partial charge in [0.25, 0.3) is 0 Å². The average molecular weight is 474 g/mol. The number of aliphatic hydroxyl groups is 3. The molecule has 0 aliphatic heterocycles. The number of unbranched alkanes of at least 4 members (excludes halogenated alkanes) is 16. The van der Waals surface area contributed by atoms with Crippen molar-refractivity contribution >= 4 is 5.78 Å². The summed E-state index contributed by atoms with van der Waals surface area (Å²) in [6.07, 6.45) is 24.1. The number of aliphatic hydroxyl groups excluding tert-OH is 3. The summed E-state index contributed by atoms with van der Waals surface area (Å²) in [5, 5.41) is 29.1. The van der Waals surface area contributed by atoms with Gasteiger partial charge in [0, 0.05) is 5.92 Å². The second kappa shape index (κ2) is 24.6. The maximum absolute atomic E-state index is 13.1. The summed E-state index contributed by atoms with van der Waals surface area (Å²) in [7, 11) is 0. The fourth-order valence-corrected chi connectivity index (χ4v) is 4.63. The monoisotopic (exact) mass is 473 g/mol. The van der Waals surface area contributed by atoms with Gasteiger partial charge in [-0.1, -0.05) is 129 Å². The highest BCUT2D eigenvalue weighted by atomic mass is 16.3. The Morgan fingerprint density at radius 2 is 0.818 bits per heavy atom. The number of Topliss-reactive ketones (excluding diaryl/α,β-unsaturated/α-hetero) is 1. The molecule has 0 radical (unpaired) electrons. The fraction of sp³-hybridized carbons (Fsp3) is 0.964. The van der Waals surface area contributed by atoms with E-state index in [2.05, 4.69) is 13.8 Å². The maximum atomic E-state index is 13.1. The second-order valence-electron chi connectivity index (χ2n) is 10.1. The Labute approximate surface area is 205 Å². The molecule has 5 heteroatoms. The van der Waals surface area contributed by atoms with Crippen LogP contribution in [0.5, 0.6) is 0 Å². The molecule has 0 saturated heterocycles. The Morgan fingerprint density at radius 3 is 1.09 bits per heavy atom. The van der Waals surface area contributed by atoms with E-state index in [1.807, 2.05) is 0 Å². The highest BCUT2D eigenvalue weighted by molar-refractivity contribution is 5.87. The molecule has 0 spiro atoms. The summed E-state index contributed by atoms with van der Waals surface area (Å²) in [5.74, 6) is -0.292. The van der Waals surface area contributed by atoms with E-state index in [0.29, 0.717) is 0 Å². The largest absolute Gasteiger partial charge is 0.395 e. The van der Waals surface area contributed by atoms with Crippen molar-refractivity contribution in [2.75, 3.05) is 19.8 Å². The van der Waals surface area contributed by atoms with Crippen molar-refractivity contribution in [3.63, 3.8) is 0 Å². The molecule has 0 aromatic carbocycles. The van der Waals surface area contributed by atoms with Crippen LogP contribution in [0.2, 0.25) is 0 Å². The number of ketones is 1. The number of carbonyl (C=O) groups excluding carboxylic acids is 1. The predicted molar refractivity (Wildman–Crippen MR) is 141 cm³/mol. The summed E-state index contributed by atoms with van der Waals surface area (Å²) >= 11 is 0. The van der Waals surface area contributed by atoms with E-state index in [4.69, 9.17) is 0 Å². The number of hydrogen-bond acceptors (Lipinski definition) is 5. The third-order valence-electron chi connectivity index (χ3n) is 7.11. The first-order valence-electron chi connectivity index (χ1n) is 14.0. The highest BCUT2D eigenvalue weighted by Gasteiger charge is 2.40. The standard InChI is InChI=1S/C28H56O4.H3N/c1-3-5-7-9-11-13-14-16-18-20-22-26(27(32)28(23-29,24-30)25-31)21-19-17-15-12-10-8-6-4-2;/h26,29-31H,3-25H2,1-2H3;1H3. The lowest BCUT2D eigenvalue weighted by atomic mass is 9.76. The molecule has 0 aliphatic carbocycles. The van der Waals surface area contributed by atoms with Crippen molar-refractivity contribution in [2.45, 2.75) is 142 Å². The second-order valence-corrected chi connectivity index (χ2v) is 10.1. The van der Waals surface area contributed by atoms with Crippen molar-refractivity contribution in [1.29, 1.82) is 0 Å². The molecular weight excluding hydrogens is 414 g/mol. The Hall–Kier alpha value is -0.490. The summed E-state index contributed by atoms with van der Waals surface area (Å²) in [4.78, 5) is 13.1. The van der Waals surface area contributed by atoms with E-state index in [9.17, 15) is 20.1 Å². The lowest BCUT2D eigenvalue weighted by Crippen LogP contribution is -2.45. The van der Waals surface area contributed by atoms with Crippen molar-refractivity contribution in [2.24, 2.45) is 11.3 Å². The molecule has 0 saturated carbocycles. The molecule has 0 rings (SSSR count). The number of hydrogen-bond donors (Lipinski definition) is 4. The first-order chi connectivity index (χ1) is 15.6. The van der Waals surface area contributed by atoms with Crippen molar-refractivity contribution in [3.05, 3.63) is 0 Å². The van der Waals surface area contributed by atoms with Crippen molar-refractivity contribution < 1.29 is 20.1 Å². The third kappa shape index (κ3) is 16.7. The minimum Gasteiger partial charge on any atom is -0.395 e. The van der Waals surface area contributed by atoms with Gasteiger partial charge < -0.3 is 21.5 Å². The molecule has 1 atom stereocenters. The van der Waals surface area contributed by atoms with Crippen LogP contribution in [0.25, 0.3) is 0 Å². The molecule has 0 aliphatic rings. The van der Waals surface area contributed by atoms with Crippen LogP contribution in [-0.2, 0) is 4.79 Å². The summed E-state index contributed by atoms with van der Waals surface area (Å²) in [5.41, 5.74) is -1.39. The Kier molecular flexibility index (Phi) is 25.9. The van der Waals surface area contributed by atoms with E-state index in [1.165, 1.54) is 89.9 Å². The Balaban J connectivity index is 0. The van der Waals surface area contributed by atoms with Crippen LogP contribution in [-0.4, -0.2) is 40.9 Å². The summed E-state index contributed by atoms with van der Waals surface area (Å²) < 4.78 is 0. The van der Waals surface area contributed by atoms with Gasteiger partial charge in [-0.25, -0.2) is 0 Å². The Morgan fingerprint density at radius 1 is 0.545 bits per heavy atom. The van der Waals surface area contributed by atoms with Crippen LogP contribution in [0.4, 0.5) is 0 Å². The maximum Gasteiger partial charge on any atom is 0.149 e. The van der Waals surface area contributed by atoms with E-state index < -0.39 is 25.2 Å². The molecule has 6 N–H and O–H groups in total. The molecule has 5 nitrogen and oxygen atoms in total. The lowest BCUT2D eigenvalue weighted by molar-refractivity contribution is -0.142. The highest BCUT2D eigenvalue weighted by Crippen LogP contribution is 2.29. The van der Waals surface area contributed by atoms with Gasteiger partial charge >= 0.3 is 0 Å². The predicted octanol–water partition coefficient (Wildman–Crippen LogP) is 7.14. The van der Waals surface area contributed by atoms with Crippen LogP contribution >= 0.6 is 0 Å². The smallest absolute Gasteiger partial charge is 0.149 e. The molecule has 0 amide bonds. The minimum absolute atomic E-state index is 0. The minimum atomic E-state index is -1.39. The molecule has 33 heavy (non-hydrogen) atoms. The zero-order valence-electron chi connectivity index (χ0n) is 22.3. The topological polar surface area (TPSA) is 113 Å². The third-order valence-corrected chi connectivity index (χ3v) is 7.11. The van der Waals surface area contributed by atoms with E-state index in [-0.39, 0.29) is 17.9 Å². The van der Waals surface area contributed by atoms with E-state index >= 15 is 0 Å². The van der Waals surface area contributed by atoms with Gasteiger partial charge in [-0.15, -0.1) is 0 Å². The van der Waals surface area contributed by atoms with Gasteiger partial charge in [0.2, 0.25) is 0 Å². The molecule has 0 bridgehead atoms. The van der Waals surface area contributed by atoms with Crippen molar-refractivity contribution in [3.8, 4) is 0 Å². The normalized spacial score (nSPS) is 12.5. The van der Waals surface area contributed by atoms with Crippen LogP contribution < -0.4 is 6.15 Å². The average Bonchev–Trinajstić information content (AvgIpc) is 2.82. The van der Waals surface area contributed by atoms with E-state index in [0.717, 1.165) is 38.5 Å². The van der Waals surface area contributed by atoms with Gasteiger partial charge in [-0.2, -0.15) is 0 Å². The van der Waals surface area contributed by atoms with Crippen molar-refractivity contribution in [1.82, 2.24) is 6.15 Å². The molecule has 200 valence electrons. The quantitative estimate of drug-likeness (QED) is 0.105. The number of carbonyl (C=O) groups is 1. The molecule has 0 fully saturated rings. The first kappa shape index (κ1) is 34.7. The van der Waals surface area contributed by atoms with Crippen LogP contribution in [0, 0.1) is 11.3 Å². The number of rotatable bonds is 25. The SMILES string of the molecule is CCCCCCCCCCCCC(CCCCCCCCCC)C(=O)C(CO)(CO)CO.N. The lowest BCUT2D eigenvalue weighted by Gasteiger charge is -2.30. The first-order valence-corrected chi connectivity index (χ1v) is 14.0. The molecule has 1 unspecified atom stereocenters. The zero-order valence-corrected chi connectivity index (χ0v) is 22.3. The Bertz CT molecular complexity index is 404. The summed E-state index contributed by atoms with van der Waals surface area (Å²) in [6, 6.07) is 0. The molecule has 0 heterocycles. The molecule has 0 aromatic rings. The zero-order chi connectivity index (χ0) is 23.9. The van der Waals surface area contributed by atoms with Gasteiger partial charge in [0.1, 0.15) is 5.78 Å². The van der Waals surface area contributed by atoms with Gasteiger partial charge in [0.15, 0.2) is 0 Å². The van der Waals surface area contributed by atoms with Crippen LogP contribution in [0.1, 0.15) is 142 Å². The van der Waals surface area contributed by atoms with Gasteiger partial charge in [-0.3, -0.25) is 4.79 Å². The molecule has 0 aromatic heterocycles. The summed E-state index contributed by atoms with van der Waals surface area (Å²) in [6.45, 7) is 3.04. The molecular formula is C28H59NO4. The van der Waals surface area contributed by atoms with Crippen LogP contribution in [0.3, 0.4) is 0 Å². The fourth-order valence-electron chi connectivity index (χ4n) is 4.63. The van der Waals surface area contributed by atoms with Crippen LogP contribution in [0.15, 0.2) is 0 Å².